The second-order valence-corrected chi connectivity index (χ2v) is 9.76. The van der Waals surface area contributed by atoms with Crippen molar-refractivity contribution in [1.82, 2.24) is 10.2 Å². The number of nitrogens with zero attached hydrogens (tertiary/aromatic N) is 2. The third-order valence-electron chi connectivity index (χ3n) is 6.04. The third-order valence-corrected chi connectivity index (χ3v) is 7.14. The number of nitrogens with one attached hydrogen (secondary N) is 1. The second kappa shape index (κ2) is 12.2. The molecule has 4 rings (SSSR count). The molecule has 0 bridgehead atoms. The van der Waals surface area contributed by atoms with Crippen LogP contribution in [0, 0.1) is 0 Å². The molecule has 0 aliphatic carbocycles. The van der Waals surface area contributed by atoms with Gasteiger partial charge in [0, 0.05) is 18.7 Å². The van der Waals surface area contributed by atoms with E-state index in [1.807, 2.05) is 42.5 Å². The molecule has 0 saturated carbocycles. The zero-order chi connectivity index (χ0) is 28.0. The first-order chi connectivity index (χ1) is 18.6. The van der Waals surface area contributed by atoms with Gasteiger partial charge in [0.05, 0.1) is 29.0 Å². The highest BCUT2D eigenvalue weighted by Crippen LogP contribution is 2.22. The maximum absolute atomic E-state index is 13.2. The fourth-order valence-electron chi connectivity index (χ4n) is 4.03. The van der Waals surface area contributed by atoms with Gasteiger partial charge in [0.15, 0.2) is 0 Å². The zero-order valence-corrected chi connectivity index (χ0v) is 21.4. The molecule has 1 atom stereocenters. The van der Waals surface area contributed by atoms with Crippen molar-refractivity contribution in [3.05, 3.63) is 82.0 Å². The van der Waals surface area contributed by atoms with Crippen molar-refractivity contribution in [3.63, 3.8) is 0 Å². The molecule has 3 aromatic rings. The molecule has 1 aliphatic heterocycles. The van der Waals surface area contributed by atoms with Gasteiger partial charge in [-0.3, -0.25) is 14.4 Å². The van der Waals surface area contributed by atoms with Gasteiger partial charge in [-0.25, -0.2) is 0 Å². The Morgan fingerprint density at radius 2 is 1.67 bits per heavy atom. The van der Waals surface area contributed by atoms with Crippen LogP contribution in [0.3, 0.4) is 0 Å². The Kier molecular flexibility index (Phi) is 8.77. The molecule has 2 heterocycles. The average molecular weight is 559 g/mol. The van der Waals surface area contributed by atoms with Gasteiger partial charge >= 0.3 is 12.1 Å². The minimum atomic E-state index is -5.13. The highest BCUT2D eigenvalue weighted by atomic mass is 32.1. The molecule has 1 fully saturated rings. The summed E-state index contributed by atoms with van der Waals surface area (Å²) in [5.41, 5.74) is 8.10. The van der Waals surface area contributed by atoms with Crippen molar-refractivity contribution in [2.24, 2.45) is 10.7 Å². The minimum Gasteiger partial charge on any atom is -0.382 e. The number of rotatable bonds is 7. The van der Waals surface area contributed by atoms with Crippen LogP contribution in [0.5, 0.6) is 0 Å². The Balaban J connectivity index is 1.33. The van der Waals surface area contributed by atoms with Crippen molar-refractivity contribution in [2.45, 2.75) is 18.6 Å². The van der Waals surface area contributed by atoms with Crippen LogP contribution in [0.4, 0.5) is 13.2 Å². The molecule has 2 aromatic carbocycles. The highest BCUT2D eigenvalue weighted by Gasteiger charge is 2.39. The zero-order valence-electron chi connectivity index (χ0n) is 20.6. The molecule has 8 nitrogen and oxygen atoms in total. The van der Waals surface area contributed by atoms with Gasteiger partial charge in [0.25, 0.3) is 11.8 Å². The van der Waals surface area contributed by atoms with Crippen LogP contribution in [0.1, 0.15) is 31.3 Å². The number of thiophene rings is 1. The van der Waals surface area contributed by atoms with Gasteiger partial charge < -0.3 is 20.7 Å². The maximum Gasteiger partial charge on any atom is 0.473 e. The third kappa shape index (κ3) is 7.09. The van der Waals surface area contributed by atoms with Crippen molar-refractivity contribution in [2.75, 3.05) is 26.3 Å². The number of amides is 3. The number of benzene rings is 2. The highest BCUT2D eigenvalue weighted by molar-refractivity contribution is 7.16. The number of alkyl halides is 3. The standard InChI is InChI=1S/C27H25F3N4O4S/c28-27(29,30)26(37)33-23(31)21-10-11-22(39-21)24(35)32-13-12-20-16-38-15-14-34(20)25(36)19-8-6-18(7-9-19)17-4-2-1-3-5-17/h1-11,20H,12-16H2,(H,32,35)(H2,31,33,37). The predicted octanol–water partition coefficient (Wildman–Crippen LogP) is 3.87. The van der Waals surface area contributed by atoms with E-state index in [9.17, 15) is 27.6 Å². The fraction of sp³-hybridized carbons (Fsp3) is 0.259. The van der Waals surface area contributed by atoms with E-state index in [0.29, 0.717) is 31.7 Å². The van der Waals surface area contributed by atoms with Crippen molar-refractivity contribution >= 4 is 34.9 Å². The molecule has 0 spiro atoms. The van der Waals surface area contributed by atoms with Crippen LogP contribution in [-0.2, 0) is 9.53 Å². The Morgan fingerprint density at radius 1 is 1.00 bits per heavy atom. The Hall–Kier alpha value is -4.03. The molecule has 39 heavy (non-hydrogen) atoms. The lowest BCUT2D eigenvalue weighted by molar-refractivity contribution is -0.169. The van der Waals surface area contributed by atoms with E-state index in [2.05, 4.69) is 10.3 Å². The van der Waals surface area contributed by atoms with Crippen LogP contribution in [0.2, 0.25) is 0 Å². The number of amidine groups is 1. The lowest BCUT2D eigenvalue weighted by Crippen LogP contribution is -2.49. The Morgan fingerprint density at radius 3 is 2.36 bits per heavy atom. The van der Waals surface area contributed by atoms with Gasteiger partial charge in [0.2, 0.25) is 0 Å². The molecule has 1 aromatic heterocycles. The van der Waals surface area contributed by atoms with E-state index in [-0.39, 0.29) is 28.2 Å². The van der Waals surface area contributed by atoms with E-state index in [0.717, 1.165) is 22.5 Å². The number of carbonyl (C=O) groups is 3. The Bertz CT molecular complexity index is 1360. The van der Waals surface area contributed by atoms with Gasteiger partial charge in [0.1, 0.15) is 5.84 Å². The van der Waals surface area contributed by atoms with Crippen LogP contribution in [0.15, 0.2) is 71.7 Å². The number of aliphatic imine (C=N–C) groups is 1. The van der Waals surface area contributed by atoms with Crippen LogP contribution in [-0.4, -0.2) is 67.0 Å². The van der Waals surface area contributed by atoms with Gasteiger partial charge in [-0.05, 0) is 41.8 Å². The Labute approximate surface area is 226 Å². The smallest absolute Gasteiger partial charge is 0.382 e. The largest absolute Gasteiger partial charge is 0.473 e. The summed E-state index contributed by atoms with van der Waals surface area (Å²) in [4.78, 5) is 41.6. The molecule has 204 valence electrons. The fourth-order valence-corrected chi connectivity index (χ4v) is 4.85. The van der Waals surface area contributed by atoms with Crippen LogP contribution in [0.25, 0.3) is 11.1 Å². The molecule has 12 heteroatoms. The monoisotopic (exact) mass is 558 g/mol. The maximum atomic E-state index is 13.2. The summed E-state index contributed by atoms with van der Waals surface area (Å²) in [5.74, 6) is -3.53. The number of carbonyl (C=O) groups excluding carboxylic acids is 3. The molecule has 3 amide bonds. The van der Waals surface area contributed by atoms with E-state index < -0.39 is 23.8 Å². The summed E-state index contributed by atoms with van der Waals surface area (Å²) in [7, 11) is 0. The molecular formula is C27H25F3N4O4S. The molecule has 0 radical (unpaired) electrons. The molecule has 1 aliphatic rings. The van der Waals surface area contributed by atoms with Crippen molar-refractivity contribution in [3.8, 4) is 11.1 Å². The van der Waals surface area contributed by atoms with Gasteiger partial charge in [-0.15, -0.1) is 11.3 Å². The number of hydrogen-bond donors (Lipinski definition) is 2. The first kappa shape index (κ1) is 28.0. The SMILES string of the molecule is NC(=NC(=O)C(F)(F)F)c1ccc(C(=O)NCCC2COCCN2C(=O)c2ccc(-c3ccccc3)cc2)s1. The average Bonchev–Trinajstić information content (AvgIpc) is 3.44. The van der Waals surface area contributed by atoms with E-state index in [1.54, 1.807) is 17.0 Å². The van der Waals surface area contributed by atoms with Crippen LogP contribution < -0.4 is 11.1 Å². The lowest BCUT2D eigenvalue weighted by Gasteiger charge is -2.35. The van der Waals surface area contributed by atoms with Gasteiger partial charge in [-0.2, -0.15) is 18.2 Å². The molecule has 1 unspecified atom stereocenters. The molecule has 3 N–H and O–H groups in total. The summed E-state index contributed by atoms with van der Waals surface area (Å²) in [5, 5.41) is 2.74. The summed E-state index contributed by atoms with van der Waals surface area (Å²) < 4.78 is 42.8. The first-order valence-electron chi connectivity index (χ1n) is 12.0. The number of halogens is 3. The number of hydrogen-bond acceptors (Lipinski definition) is 5. The van der Waals surface area contributed by atoms with Crippen molar-refractivity contribution in [1.29, 1.82) is 0 Å². The predicted molar refractivity (Wildman–Crippen MR) is 141 cm³/mol. The number of morpholine rings is 1. The van der Waals surface area contributed by atoms with Crippen LogP contribution >= 0.6 is 11.3 Å². The minimum absolute atomic E-state index is 0.0634. The summed E-state index contributed by atoms with van der Waals surface area (Å²) in [6.45, 7) is 1.38. The molecular weight excluding hydrogens is 533 g/mol. The summed E-state index contributed by atoms with van der Waals surface area (Å²) in [6, 6.07) is 19.7. The molecule has 1 saturated heterocycles. The normalized spacial score (nSPS) is 16.1. The summed E-state index contributed by atoms with van der Waals surface area (Å²) >= 11 is 0.813. The van der Waals surface area contributed by atoms with Crippen molar-refractivity contribution < 1.29 is 32.3 Å². The quantitative estimate of drug-likeness (QED) is 0.338. The second-order valence-electron chi connectivity index (χ2n) is 8.68. The summed E-state index contributed by atoms with van der Waals surface area (Å²) in [6.07, 6.45) is -4.70. The van der Waals surface area contributed by atoms with Gasteiger partial charge in [-0.1, -0.05) is 42.5 Å². The number of nitrogens with two attached hydrogens (primary N) is 1. The topological polar surface area (TPSA) is 114 Å². The lowest BCUT2D eigenvalue weighted by atomic mass is 10.0. The number of ether oxygens (including phenoxy) is 1. The van der Waals surface area contributed by atoms with E-state index >= 15 is 0 Å². The van der Waals surface area contributed by atoms with E-state index in [1.165, 1.54) is 12.1 Å². The van der Waals surface area contributed by atoms with E-state index in [4.69, 9.17) is 10.5 Å². The first-order valence-corrected chi connectivity index (χ1v) is 12.8.